The molecule has 2 aromatic rings. The molecule has 4 heteroatoms. The largest absolute Gasteiger partial charge is 0.370 e. The molecule has 0 aliphatic carbocycles. The van der Waals surface area contributed by atoms with Crippen molar-refractivity contribution in [3.63, 3.8) is 0 Å². The van der Waals surface area contributed by atoms with Gasteiger partial charge in [0.05, 0.1) is 0 Å². The first-order valence-electron chi connectivity index (χ1n) is 7.60. The predicted molar refractivity (Wildman–Crippen MR) is 94.9 cm³/mol. The summed E-state index contributed by atoms with van der Waals surface area (Å²) < 4.78 is 0. The number of hydrogen-bond donors (Lipinski definition) is 1. The fourth-order valence-corrected chi connectivity index (χ4v) is 3.67. The number of nitrogens with two attached hydrogens (primary N) is 1. The molecule has 1 aliphatic heterocycles. The molecule has 22 heavy (non-hydrogen) atoms. The Morgan fingerprint density at radius 1 is 1.00 bits per heavy atom. The van der Waals surface area contributed by atoms with Gasteiger partial charge in [-0.15, -0.1) is 0 Å². The van der Waals surface area contributed by atoms with Crippen molar-refractivity contribution in [2.75, 3.05) is 18.0 Å². The number of hydrogen-bond acceptors (Lipinski definition) is 2. The smallest absolute Gasteiger partial charge is 0.0426 e. The van der Waals surface area contributed by atoms with Gasteiger partial charge in [0, 0.05) is 34.9 Å². The van der Waals surface area contributed by atoms with Gasteiger partial charge in [-0.3, -0.25) is 0 Å². The van der Waals surface area contributed by atoms with Gasteiger partial charge in [-0.25, -0.2) is 0 Å². The molecule has 1 saturated heterocycles. The Morgan fingerprint density at radius 3 is 2.45 bits per heavy atom. The van der Waals surface area contributed by atoms with Gasteiger partial charge < -0.3 is 10.6 Å². The SMILES string of the molecule is NC1CC(Cc2cccc(Cl)c2)CN(c2cccc(Cl)c2)C1. The van der Waals surface area contributed by atoms with E-state index < -0.39 is 0 Å². The third kappa shape index (κ3) is 3.95. The van der Waals surface area contributed by atoms with Gasteiger partial charge in [0.1, 0.15) is 0 Å². The first kappa shape index (κ1) is 15.7. The van der Waals surface area contributed by atoms with Crippen molar-refractivity contribution in [3.05, 3.63) is 64.1 Å². The molecule has 1 heterocycles. The Kier molecular flexibility index (Phi) is 4.92. The lowest BCUT2D eigenvalue weighted by molar-refractivity contribution is 0.374. The molecule has 1 aliphatic rings. The Bertz CT molecular complexity index is 644. The summed E-state index contributed by atoms with van der Waals surface area (Å²) in [6.07, 6.45) is 2.05. The van der Waals surface area contributed by atoms with Gasteiger partial charge in [-0.05, 0) is 54.7 Å². The zero-order valence-corrected chi connectivity index (χ0v) is 13.9. The van der Waals surface area contributed by atoms with Crippen molar-refractivity contribution < 1.29 is 0 Å². The Morgan fingerprint density at radius 2 is 1.73 bits per heavy atom. The lowest BCUT2D eigenvalue weighted by atomic mass is 9.89. The van der Waals surface area contributed by atoms with E-state index in [-0.39, 0.29) is 6.04 Å². The zero-order valence-electron chi connectivity index (χ0n) is 12.4. The minimum atomic E-state index is 0.192. The molecule has 3 rings (SSSR count). The van der Waals surface area contributed by atoms with Crippen molar-refractivity contribution >= 4 is 28.9 Å². The van der Waals surface area contributed by atoms with Gasteiger partial charge in [-0.1, -0.05) is 41.4 Å². The second-order valence-electron chi connectivity index (χ2n) is 6.08. The molecular weight excluding hydrogens is 315 g/mol. The van der Waals surface area contributed by atoms with Gasteiger partial charge >= 0.3 is 0 Å². The number of halogens is 2. The molecule has 2 atom stereocenters. The van der Waals surface area contributed by atoms with E-state index in [9.17, 15) is 0 Å². The van der Waals surface area contributed by atoms with E-state index in [2.05, 4.69) is 17.0 Å². The van der Waals surface area contributed by atoms with E-state index >= 15 is 0 Å². The molecule has 0 spiro atoms. The Balaban J connectivity index is 1.73. The first-order valence-corrected chi connectivity index (χ1v) is 8.36. The highest BCUT2D eigenvalue weighted by Crippen LogP contribution is 2.27. The van der Waals surface area contributed by atoms with Crippen molar-refractivity contribution in [1.82, 2.24) is 0 Å². The highest BCUT2D eigenvalue weighted by atomic mass is 35.5. The van der Waals surface area contributed by atoms with Crippen LogP contribution < -0.4 is 10.6 Å². The van der Waals surface area contributed by atoms with Crippen LogP contribution in [0.1, 0.15) is 12.0 Å². The third-order valence-corrected chi connectivity index (χ3v) is 4.63. The summed E-state index contributed by atoms with van der Waals surface area (Å²) in [7, 11) is 0. The maximum Gasteiger partial charge on any atom is 0.0426 e. The maximum atomic E-state index is 6.27. The van der Waals surface area contributed by atoms with Crippen LogP contribution in [0.4, 0.5) is 5.69 Å². The Labute approximate surface area is 141 Å². The molecule has 0 amide bonds. The van der Waals surface area contributed by atoms with Crippen molar-refractivity contribution in [2.45, 2.75) is 18.9 Å². The van der Waals surface area contributed by atoms with Gasteiger partial charge in [-0.2, -0.15) is 0 Å². The number of benzene rings is 2. The molecule has 2 unspecified atom stereocenters. The van der Waals surface area contributed by atoms with Crippen molar-refractivity contribution in [1.29, 1.82) is 0 Å². The van der Waals surface area contributed by atoms with Gasteiger partial charge in [0.2, 0.25) is 0 Å². The van der Waals surface area contributed by atoms with E-state index in [4.69, 9.17) is 28.9 Å². The predicted octanol–water partition coefficient (Wildman–Crippen LogP) is 4.39. The highest BCUT2D eigenvalue weighted by molar-refractivity contribution is 6.31. The van der Waals surface area contributed by atoms with E-state index in [0.717, 1.165) is 41.7 Å². The number of anilines is 1. The minimum Gasteiger partial charge on any atom is -0.370 e. The van der Waals surface area contributed by atoms with Crippen LogP contribution in [0.2, 0.25) is 10.0 Å². The Hall–Kier alpha value is -1.22. The van der Waals surface area contributed by atoms with Gasteiger partial charge in [0.15, 0.2) is 0 Å². The van der Waals surface area contributed by atoms with Crippen LogP contribution in [0, 0.1) is 5.92 Å². The second-order valence-corrected chi connectivity index (χ2v) is 6.95. The van der Waals surface area contributed by atoms with E-state index in [1.54, 1.807) is 0 Å². The number of piperidine rings is 1. The summed E-state index contributed by atoms with van der Waals surface area (Å²) in [4.78, 5) is 2.34. The van der Waals surface area contributed by atoms with Crippen molar-refractivity contribution in [2.24, 2.45) is 11.7 Å². The molecule has 0 saturated carbocycles. The summed E-state index contributed by atoms with van der Waals surface area (Å²) in [6.45, 7) is 1.88. The average Bonchev–Trinajstić information content (AvgIpc) is 2.46. The molecular formula is C18H20Cl2N2. The molecule has 2 nitrogen and oxygen atoms in total. The standard InChI is InChI=1S/C18H20Cl2N2/c19-15-4-1-3-13(8-15)7-14-9-17(21)12-22(11-14)18-6-2-5-16(20)10-18/h1-6,8,10,14,17H,7,9,11-12,21H2. The van der Waals surface area contributed by atoms with Crippen LogP contribution in [0.25, 0.3) is 0 Å². The van der Waals surface area contributed by atoms with Crippen LogP contribution >= 0.6 is 23.2 Å². The van der Waals surface area contributed by atoms with E-state index in [0.29, 0.717) is 5.92 Å². The lowest BCUT2D eigenvalue weighted by Gasteiger charge is -2.38. The summed E-state index contributed by atoms with van der Waals surface area (Å²) in [5.74, 6) is 0.529. The van der Waals surface area contributed by atoms with Crippen LogP contribution in [0.15, 0.2) is 48.5 Å². The number of rotatable bonds is 3. The molecule has 0 aromatic heterocycles. The van der Waals surface area contributed by atoms with E-state index in [1.807, 2.05) is 36.4 Å². The number of nitrogens with zero attached hydrogens (tertiary/aromatic N) is 1. The molecule has 0 radical (unpaired) electrons. The molecule has 2 aromatic carbocycles. The highest BCUT2D eigenvalue weighted by Gasteiger charge is 2.25. The summed E-state index contributed by atoms with van der Waals surface area (Å²) in [5.41, 5.74) is 8.70. The summed E-state index contributed by atoms with van der Waals surface area (Å²) in [6, 6.07) is 16.3. The first-order chi connectivity index (χ1) is 10.6. The summed E-state index contributed by atoms with van der Waals surface area (Å²) >= 11 is 12.2. The minimum absolute atomic E-state index is 0.192. The molecule has 2 N–H and O–H groups in total. The normalized spacial score (nSPS) is 21.9. The van der Waals surface area contributed by atoms with Crippen LogP contribution in [-0.4, -0.2) is 19.1 Å². The van der Waals surface area contributed by atoms with E-state index in [1.165, 1.54) is 5.56 Å². The fourth-order valence-electron chi connectivity index (χ4n) is 3.28. The zero-order chi connectivity index (χ0) is 15.5. The molecule has 116 valence electrons. The second kappa shape index (κ2) is 6.91. The fraction of sp³-hybridized carbons (Fsp3) is 0.333. The quantitative estimate of drug-likeness (QED) is 0.901. The van der Waals surface area contributed by atoms with Crippen molar-refractivity contribution in [3.8, 4) is 0 Å². The topological polar surface area (TPSA) is 29.3 Å². The lowest BCUT2D eigenvalue weighted by Crippen LogP contribution is -2.47. The van der Waals surface area contributed by atoms with Crippen LogP contribution in [-0.2, 0) is 6.42 Å². The van der Waals surface area contributed by atoms with Gasteiger partial charge in [0.25, 0.3) is 0 Å². The van der Waals surface area contributed by atoms with Crippen LogP contribution in [0.5, 0.6) is 0 Å². The summed E-state index contributed by atoms with van der Waals surface area (Å²) in [5, 5.41) is 1.56. The monoisotopic (exact) mass is 334 g/mol. The average molecular weight is 335 g/mol. The maximum absolute atomic E-state index is 6.27. The molecule has 1 fully saturated rings. The molecule has 0 bridgehead atoms. The van der Waals surface area contributed by atoms with Crippen LogP contribution in [0.3, 0.4) is 0 Å². The third-order valence-electron chi connectivity index (χ3n) is 4.16.